The van der Waals surface area contributed by atoms with Gasteiger partial charge in [0.1, 0.15) is 11.5 Å². The normalized spacial score (nSPS) is 10.4. The molecule has 0 aliphatic carbocycles. The Labute approximate surface area is 161 Å². The van der Waals surface area contributed by atoms with Gasteiger partial charge in [-0.3, -0.25) is 4.79 Å². The van der Waals surface area contributed by atoms with Crippen molar-refractivity contribution in [3.8, 4) is 11.5 Å². The maximum absolute atomic E-state index is 12.1. The van der Waals surface area contributed by atoms with Gasteiger partial charge in [-0.2, -0.15) is 11.8 Å². The summed E-state index contributed by atoms with van der Waals surface area (Å²) in [5.74, 6) is 2.67. The quantitative estimate of drug-likeness (QED) is 0.613. The zero-order valence-corrected chi connectivity index (χ0v) is 16.3. The topological polar surface area (TPSA) is 47.6 Å². The Balaban J connectivity index is 1.79. The second-order valence-electron chi connectivity index (χ2n) is 5.20. The molecule has 0 saturated heterocycles. The number of methoxy groups -OCH3 is 2. The van der Waals surface area contributed by atoms with E-state index in [4.69, 9.17) is 32.7 Å². The minimum absolute atomic E-state index is 0.0584. The second kappa shape index (κ2) is 9.80. The van der Waals surface area contributed by atoms with Crippen LogP contribution in [0.4, 0.5) is 5.69 Å². The van der Waals surface area contributed by atoms with Crippen molar-refractivity contribution in [3.63, 3.8) is 0 Å². The summed E-state index contributed by atoms with van der Waals surface area (Å²) in [6.07, 6.45) is 0.408. The molecule has 0 aromatic heterocycles. The third kappa shape index (κ3) is 6.34. The highest BCUT2D eigenvalue weighted by Gasteiger charge is 2.07. The van der Waals surface area contributed by atoms with Gasteiger partial charge in [-0.05, 0) is 17.7 Å². The van der Waals surface area contributed by atoms with Gasteiger partial charge in [0.05, 0.1) is 24.3 Å². The number of hydrogen-bond acceptors (Lipinski definition) is 4. The Morgan fingerprint density at radius 3 is 2.32 bits per heavy atom. The maximum Gasteiger partial charge on any atom is 0.225 e. The van der Waals surface area contributed by atoms with E-state index < -0.39 is 0 Å². The summed E-state index contributed by atoms with van der Waals surface area (Å²) in [5, 5.41) is 3.95. The smallest absolute Gasteiger partial charge is 0.225 e. The molecule has 0 bridgehead atoms. The molecule has 0 aliphatic rings. The van der Waals surface area contributed by atoms with Crippen LogP contribution in [-0.2, 0) is 10.5 Å². The summed E-state index contributed by atoms with van der Waals surface area (Å²) in [6, 6.07) is 10.8. The van der Waals surface area contributed by atoms with Crippen LogP contribution < -0.4 is 14.8 Å². The third-order valence-corrected chi connectivity index (χ3v) is 5.13. The van der Waals surface area contributed by atoms with Gasteiger partial charge in [-0.15, -0.1) is 0 Å². The van der Waals surface area contributed by atoms with E-state index in [0.29, 0.717) is 39.4 Å². The average Bonchev–Trinajstić information content (AvgIpc) is 2.61. The summed E-state index contributed by atoms with van der Waals surface area (Å²) < 4.78 is 10.4. The molecule has 2 rings (SSSR count). The zero-order chi connectivity index (χ0) is 18.2. The summed E-state index contributed by atoms with van der Waals surface area (Å²) in [7, 11) is 3.14. The van der Waals surface area contributed by atoms with E-state index >= 15 is 0 Å². The number of hydrogen-bond donors (Lipinski definition) is 1. The van der Waals surface area contributed by atoms with Gasteiger partial charge >= 0.3 is 0 Å². The highest BCUT2D eigenvalue weighted by molar-refractivity contribution is 7.98. The van der Waals surface area contributed by atoms with E-state index in [2.05, 4.69) is 5.32 Å². The number of nitrogens with one attached hydrogen (secondary N) is 1. The number of halogens is 2. The zero-order valence-electron chi connectivity index (χ0n) is 14.0. The third-order valence-electron chi connectivity index (χ3n) is 3.36. The first kappa shape index (κ1) is 19.8. The monoisotopic (exact) mass is 399 g/mol. The Bertz CT molecular complexity index is 718. The Hall–Kier alpha value is -1.56. The minimum atomic E-state index is -0.0584. The molecule has 0 saturated carbocycles. The van der Waals surface area contributed by atoms with Crippen molar-refractivity contribution in [2.75, 3.05) is 25.3 Å². The van der Waals surface area contributed by atoms with Gasteiger partial charge in [-0.1, -0.05) is 29.3 Å². The van der Waals surface area contributed by atoms with Crippen LogP contribution in [0.2, 0.25) is 10.0 Å². The van der Waals surface area contributed by atoms with E-state index in [1.165, 1.54) is 0 Å². The van der Waals surface area contributed by atoms with Crippen LogP contribution in [0, 0.1) is 0 Å². The molecule has 4 nitrogen and oxygen atoms in total. The molecule has 25 heavy (non-hydrogen) atoms. The molecule has 2 aromatic rings. The maximum atomic E-state index is 12.1. The SMILES string of the molecule is COc1cc(NC(=O)CCSCc2ccc(Cl)c(Cl)c2)cc(OC)c1. The van der Waals surface area contributed by atoms with Crippen LogP contribution in [0.25, 0.3) is 0 Å². The van der Waals surface area contributed by atoms with E-state index in [-0.39, 0.29) is 5.91 Å². The van der Waals surface area contributed by atoms with E-state index in [1.807, 2.05) is 12.1 Å². The fourth-order valence-electron chi connectivity index (χ4n) is 2.09. The molecule has 0 unspecified atom stereocenters. The van der Waals surface area contributed by atoms with Crippen LogP contribution in [0.15, 0.2) is 36.4 Å². The summed E-state index contributed by atoms with van der Waals surface area (Å²) in [5.41, 5.74) is 1.73. The van der Waals surface area contributed by atoms with Crippen molar-refractivity contribution in [2.45, 2.75) is 12.2 Å². The lowest BCUT2D eigenvalue weighted by atomic mass is 10.2. The Kier molecular flexibility index (Phi) is 7.75. The van der Waals surface area contributed by atoms with Gasteiger partial charge in [0.25, 0.3) is 0 Å². The lowest BCUT2D eigenvalue weighted by Gasteiger charge is -2.10. The van der Waals surface area contributed by atoms with Crippen molar-refractivity contribution in [3.05, 3.63) is 52.0 Å². The first-order chi connectivity index (χ1) is 12.0. The van der Waals surface area contributed by atoms with E-state index in [0.717, 1.165) is 11.3 Å². The van der Waals surface area contributed by atoms with Gasteiger partial charge in [-0.25, -0.2) is 0 Å². The molecule has 0 atom stereocenters. The lowest BCUT2D eigenvalue weighted by Crippen LogP contribution is -2.12. The van der Waals surface area contributed by atoms with Crippen LogP contribution in [-0.4, -0.2) is 25.9 Å². The number of carbonyl (C=O) groups is 1. The second-order valence-corrected chi connectivity index (χ2v) is 7.12. The van der Waals surface area contributed by atoms with Crippen molar-refractivity contribution < 1.29 is 14.3 Å². The highest BCUT2D eigenvalue weighted by atomic mass is 35.5. The van der Waals surface area contributed by atoms with Crippen LogP contribution in [0.3, 0.4) is 0 Å². The standard InChI is InChI=1S/C18H19Cl2NO3S/c1-23-14-8-13(9-15(10-14)24-2)21-18(22)5-6-25-11-12-3-4-16(19)17(20)7-12/h3-4,7-10H,5-6,11H2,1-2H3,(H,21,22). The number of benzene rings is 2. The van der Waals surface area contributed by atoms with Crippen molar-refractivity contribution in [1.82, 2.24) is 0 Å². The summed E-state index contributed by atoms with van der Waals surface area (Å²) in [4.78, 5) is 12.1. The predicted molar refractivity (Wildman–Crippen MR) is 105 cm³/mol. The number of rotatable bonds is 8. The molecule has 1 N–H and O–H groups in total. The van der Waals surface area contributed by atoms with Gasteiger partial charge in [0.2, 0.25) is 5.91 Å². The van der Waals surface area contributed by atoms with E-state index in [9.17, 15) is 4.79 Å². The number of amides is 1. The molecule has 1 amide bonds. The highest BCUT2D eigenvalue weighted by Crippen LogP contribution is 2.26. The molecular weight excluding hydrogens is 381 g/mol. The van der Waals surface area contributed by atoms with Crippen molar-refractivity contribution in [1.29, 1.82) is 0 Å². The van der Waals surface area contributed by atoms with Gasteiger partial charge < -0.3 is 14.8 Å². The van der Waals surface area contributed by atoms with Gasteiger partial charge in [0, 0.05) is 41.8 Å². The average molecular weight is 400 g/mol. The molecule has 7 heteroatoms. The molecule has 0 fully saturated rings. The fourth-order valence-corrected chi connectivity index (χ4v) is 3.30. The number of anilines is 1. The fraction of sp³-hybridized carbons (Fsp3) is 0.278. The number of carbonyl (C=O) groups excluding carboxylic acids is 1. The molecule has 0 heterocycles. The van der Waals surface area contributed by atoms with Crippen LogP contribution in [0.1, 0.15) is 12.0 Å². The number of thioether (sulfide) groups is 1. The Morgan fingerprint density at radius 1 is 1.04 bits per heavy atom. The largest absolute Gasteiger partial charge is 0.497 e. The van der Waals surface area contributed by atoms with Crippen molar-refractivity contribution in [2.24, 2.45) is 0 Å². The first-order valence-corrected chi connectivity index (χ1v) is 9.47. The molecular formula is C18H19Cl2NO3S. The molecule has 0 spiro atoms. The first-order valence-electron chi connectivity index (χ1n) is 7.56. The predicted octanol–water partition coefficient (Wildman–Crippen LogP) is 5.27. The number of ether oxygens (including phenoxy) is 2. The molecule has 2 aromatic carbocycles. The summed E-state index contributed by atoms with van der Waals surface area (Å²) in [6.45, 7) is 0. The Morgan fingerprint density at radius 2 is 1.72 bits per heavy atom. The lowest BCUT2D eigenvalue weighted by molar-refractivity contribution is -0.115. The molecule has 0 radical (unpaired) electrons. The van der Waals surface area contributed by atoms with Crippen LogP contribution >= 0.6 is 35.0 Å². The van der Waals surface area contributed by atoms with Crippen LogP contribution in [0.5, 0.6) is 11.5 Å². The summed E-state index contributed by atoms with van der Waals surface area (Å²) >= 11 is 13.5. The van der Waals surface area contributed by atoms with Gasteiger partial charge in [0.15, 0.2) is 0 Å². The van der Waals surface area contributed by atoms with Crippen molar-refractivity contribution >= 4 is 46.6 Å². The molecule has 0 aliphatic heterocycles. The molecule has 134 valence electrons. The minimum Gasteiger partial charge on any atom is -0.497 e. The van der Waals surface area contributed by atoms with E-state index in [1.54, 1.807) is 50.2 Å².